The zero-order chi connectivity index (χ0) is 15.3. The van der Waals surface area contributed by atoms with Crippen LogP contribution in [0.25, 0.3) is 0 Å². The molecule has 0 atom stereocenters. The van der Waals surface area contributed by atoms with Crippen molar-refractivity contribution in [1.82, 2.24) is 0 Å². The Hall–Kier alpha value is -2.23. The monoisotopic (exact) mass is 326 g/mol. The normalized spacial score (nSPS) is 11.0. The molecule has 4 heteroatoms. The summed E-state index contributed by atoms with van der Waals surface area (Å²) in [7, 11) is -3.13. The van der Waals surface area contributed by atoms with E-state index in [1.807, 2.05) is 91.0 Å². The van der Waals surface area contributed by atoms with Gasteiger partial charge in [0.1, 0.15) is 11.5 Å². The van der Waals surface area contributed by atoms with Crippen molar-refractivity contribution in [2.45, 2.75) is 0 Å². The summed E-state index contributed by atoms with van der Waals surface area (Å²) in [4.78, 5) is 0. The maximum absolute atomic E-state index is 6.83. The zero-order valence-electron chi connectivity index (χ0n) is 11.9. The smallest absolute Gasteiger partial charge is 0.498 e. The van der Waals surface area contributed by atoms with Crippen LogP contribution in [0.4, 0.5) is 0 Å². The summed E-state index contributed by atoms with van der Waals surface area (Å²) in [6, 6.07) is 28.7. The molecular formula is C18H15ClO2Si. The Bertz CT molecular complexity index is 663. The van der Waals surface area contributed by atoms with Crippen LogP contribution >= 0.6 is 11.1 Å². The third-order valence-corrected chi connectivity index (χ3v) is 6.24. The van der Waals surface area contributed by atoms with Crippen LogP contribution in [0, 0.1) is 0 Å². The van der Waals surface area contributed by atoms with Crippen molar-refractivity contribution in [3.63, 3.8) is 0 Å². The molecule has 0 bridgehead atoms. The van der Waals surface area contributed by atoms with E-state index >= 15 is 0 Å². The zero-order valence-corrected chi connectivity index (χ0v) is 13.6. The maximum Gasteiger partial charge on any atom is 0.605 e. The van der Waals surface area contributed by atoms with Crippen molar-refractivity contribution in [3.8, 4) is 11.5 Å². The lowest BCUT2D eigenvalue weighted by Crippen LogP contribution is -2.54. The van der Waals surface area contributed by atoms with Crippen molar-refractivity contribution in [2.24, 2.45) is 0 Å². The number of hydrogen-bond acceptors (Lipinski definition) is 2. The molecule has 3 aromatic rings. The quantitative estimate of drug-likeness (QED) is 0.516. The van der Waals surface area contributed by atoms with Gasteiger partial charge in [0, 0.05) is 5.19 Å². The Labute approximate surface area is 135 Å². The molecule has 0 N–H and O–H groups in total. The van der Waals surface area contributed by atoms with Gasteiger partial charge in [0.05, 0.1) is 0 Å². The molecule has 0 aliphatic carbocycles. The van der Waals surface area contributed by atoms with Gasteiger partial charge >= 0.3 is 7.87 Å². The second-order valence-corrected chi connectivity index (χ2v) is 8.28. The SMILES string of the molecule is Cl[Si](Oc1ccccc1)(Oc1ccccc1)c1ccccc1. The molecule has 0 unspecified atom stereocenters. The van der Waals surface area contributed by atoms with Crippen LogP contribution in [-0.2, 0) is 0 Å². The summed E-state index contributed by atoms with van der Waals surface area (Å²) >= 11 is 6.83. The minimum absolute atomic E-state index is 0.698. The summed E-state index contributed by atoms with van der Waals surface area (Å²) < 4.78 is 12.1. The molecule has 3 aromatic carbocycles. The van der Waals surface area contributed by atoms with Crippen LogP contribution < -0.4 is 14.0 Å². The van der Waals surface area contributed by atoms with E-state index in [0.29, 0.717) is 11.5 Å². The fourth-order valence-electron chi connectivity index (χ4n) is 2.06. The number of benzene rings is 3. The van der Waals surface area contributed by atoms with Crippen LogP contribution in [-0.4, -0.2) is 7.87 Å². The topological polar surface area (TPSA) is 18.5 Å². The van der Waals surface area contributed by atoms with E-state index in [-0.39, 0.29) is 0 Å². The maximum atomic E-state index is 6.83. The summed E-state index contributed by atoms with van der Waals surface area (Å²) in [6.45, 7) is 0. The standard InChI is InChI=1S/C18H15ClO2Si/c19-22(18-14-8-3-9-15-18,20-16-10-4-1-5-11-16)21-17-12-6-2-7-13-17/h1-15H. The number of para-hydroxylation sites is 2. The number of rotatable bonds is 5. The molecule has 110 valence electrons. The van der Waals surface area contributed by atoms with Gasteiger partial charge in [-0.2, -0.15) is 0 Å². The van der Waals surface area contributed by atoms with Crippen molar-refractivity contribution in [3.05, 3.63) is 91.0 Å². The van der Waals surface area contributed by atoms with Crippen LogP contribution in [0.2, 0.25) is 0 Å². The lowest BCUT2D eigenvalue weighted by molar-refractivity contribution is 0.427. The summed E-state index contributed by atoms with van der Waals surface area (Å²) in [5, 5.41) is 0.865. The van der Waals surface area contributed by atoms with Gasteiger partial charge in [-0.1, -0.05) is 77.8 Å². The predicted octanol–water partition coefficient (Wildman–Crippen LogP) is 4.23. The first-order valence-electron chi connectivity index (χ1n) is 6.99. The average molecular weight is 327 g/mol. The predicted molar refractivity (Wildman–Crippen MR) is 91.8 cm³/mol. The molecule has 22 heavy (non-hydrogen) atoms. The Kier molecular flexibility index (Phi) is 4.47. The van der Waals surface area contributed by atoms with Crippen molar-refractivity contribution < 1.29 is 8.85 Å². The molecule has 0 saturated carbocycles. The Morgan fingerprint density at radius 3 is 1.32 bits per heavy atom. The van der Waals surface area contributed by atoms with Gasteiger partial charge in [-0.25, -0.2) is 0 Å². The van der Waals surface area contributed by atoms with Gasteiger partial charge in [0.2, 0.25) is 0 Å². The van der Waals surface area contributed by atoms with Crippen molar-refractivity contribution in [1.29, 1.82) is 0 Å². The molecule has 0 aliphatic rings. The highest BCUT2D eigenvalue weighted by atomic mass is 35.6. The highest BCUT2D eigenvalue weighted by molar-refractivity contribution is 7.21. The average Bonchev–Trinajstić information content (AvgIpc) is 2.57. The summed E-state index contributed by atoms with van der Waals surface area (Å²) in [5.41, 5.74) is 0. The van der Waals surface area contributed by atoms with Crippen LogP contribution in [0.1, 0.15) is 0 Å². The van der Waals surface area contributed by atoms with Crippen LogP contribution in [0.3, 0.4) is 0 Å². The minimum Gasteiger partial charge on any atom is -0.498 e. The highest BCUT2D eigenvalue weighted by Crippen LogP contribution is 2.22. The molecule has 2 nitrogen and oxygen atoms in total. The second-order valence-electron chi connectivity index (χ2n) is 4.73. The van der Waals surface area contributed by atoms with Gasteiger partial charge in [0.15, 0.2) is 0 Å². The van der Waals surface area contributed by atoms with Gasteiger partial charge in [0.25, 0.3) is 0 Å². The first-order chi connectivity index (χ1) is 10.8. The summed E-state index contributed by atoms with van der Waals surface area (Å²) in [5.74, 6) is 1.40. The second kappa shape index (κ2) is 6.69. The molecule has 3 rings (SSSR count). The molecule has 0 aromatic heterocycles. The first-order valence-corrected chi connectivity index (χ1v) is 9.82. The fraction of sp³-hybridized carbons (Fsp3) is 0. The Morgan fingerprint density at radius 1 is 0.545 bits per heavy atom. The van der Waals surface area contributed by atoms with E-state index in [1.165, 1.54) is 0 Å². The number of halogens is 1. The van der Waals surface area contributed by atoms with E-state index in [0.717, 1.165) is 5.19 Å². The van der Waals surface area contributed by atoms with Gasteiger partial charge < -0.3 is 8.85 Å². The third-order valence-electron chi connectivity index (χ3n) is 3.10. The minimum atomic E-state index is -3.13. The van der Waals surface area contributed by atoms with Crippen molar-refractivity contribution >= 4 is 24.1 Å². The molecule has 0 fully saturated rings. The Balaban J connectivity index is 1.95. The van der Waals surface area contributed by atoms with Gasteiger partial charge in [-0.05, 0) is 24.3 Å². The fourth-order valence-corrected chi connectivity index (χ4v) is 4.72. The lowest BCUT2D eigenvalue weighted by Gasteiger charge is -2.25. The molecule has 0 radical (unpaired) electrons. The molecule has 0 heterocycles. The van der Waals surface area contributed by atoms with E-state index in [9.17, 15) is 0 Å². The largest absolute Gasteiger partial charge is 0.605 e. The van der Waals surface area contributed by atoms with Gasteiger partial charge in [-0.3, -0.25) is 0 Å². The third kappa shape index (κ3) is 3.50. The Morgan fingerprint density at radius 2 is 0.909 bits per heavy atom. The lowest BCUT2D eigenvalue weighted by atomic mass is 10.3. The van der Waals surface area contributed by atoms with Crippen LogP contribution in [0.15, 0.2) is 91.0 Å². The highest BCUT2D eigenvalue weighted by Gasteiger charge is 2.43. The molecule has 0 spiro atoms. The number of hydrogen-bond donors (Lipinski definition) is 0. The van der Waals surface area contributed by atoms with E-state index in [4.69, 9.17) is 19.9 Å². The van der Waals surface area contributed by atoms with Crippen molar-refractivity contribution in [2.75, 3.05) is 0 Å². The van der Waals surface area contributed by atoms with E-state index < -0.39 is 7.87 Å². The van der Waals surface area contributed by atoms with Crippen LogP contribution in [0.5, 0.6) is 11.5 Å². The van der Waals surface area contributed by atoms with Gasteiger partial charge in [-0.15, -0.1) is 0 Å². The van der Waals surface area contributed by atoms with E-state index in [2.05, 4.69) is 0 Å². The molecule has 0 saturated heterocycles. The first kappa shape index (κ1) is 14.7. The summed E-state index contributed by atoms with van der Waals surface area (Å²) in [6.07, 6.45) is 0. The van der Waals surface area contributed by atoms with E-state index in [1.54, 1.807) is 0 Å². The molecular weight excluding hydrogens is 312 g/mol. The molecule has 0 amide bonds. The molecule has 0 aliphatic heterocycles.